The summed E-state index contributed by atoms with van der Waals surface area (Å²) < 4.78 is 0. The minimum absolute atomic E-state index is 0.00984. The van der Waals surface area contributed by atoms with Crippen molar-refractivity contribution in [3.63, 3.8) is 0 Å². The molecular formula is C45H68N18O9. The number of guanidine groups is 3. The van der Waals surface area contributed by atoms with Gasteiger partial charge < -0.3 is 82.7 Å². The largest absolute Gasteiger partial charge is 0.370 e. The van der Waals surface area contributed by atoms with Gasteiger partial charge in [0, 0.05) is 38.9 Å². The number of nitrogens with one attached hydrogen (secondary N) is 8. The van der Waals surface area contributed by atoms with Crippen molar-refractivity contribution < 1.29 is 43.2 Å². The minimum Gasteiger partial charge on any atom is -0.370 e. The molecule has 0 aliphatic carbocycles. The molecule has 22 N–H and O–H groups in total. The number of amides is 9. The molecule has 1 saturated heterocycles. The molecule has 1 fully saturated rings. The van der Waals surface area contributed by atoms with E-state index in [4.69, 9.17) is 40.1 Å². The standard InChI is InChI=1S/C45H68N18O9/c46-34(64)18-17-31-42(72)63-33(23-27-12-5-2-6-13-27)38(68)57-25-36(66)59-32(22-26-10-3-1-4-11-26)37(67)56-24-35(65)58-28(14-7-19-53-43(47)48)39(69)60-29(15-8-20-54-44(49)50)40(70)61-30(41(71)62-31)16-9-21-55-45(51)52/h1-6,10-13,28-33H,7-9,14-25H2,(H2,46,64)(H,56,67)(H,57,68)(H,58,65)(H,59,66)(H,60,69)(H,61,70)(H,62,71)(H,63,72)(H4,47,48,53)(H4,49,50,54)(H4,51,52,55)/t28-,29-,30-,31-,32-,33-/m0/s1. The molecular weight excluding hydrogens is 937 g/mol. The van der Waals surface area contributed by atoms with E-state index in [1.54, 1.807) is 60.7 Å². The lowest BCUT2D eigenvalue weighted by atomic mass is 10.0. The van der Waals surface area contributed by atoms with Crippen molar-refractivity contribution in [2.45, 2.75) is 100 Å². The molecule has 2 aromatic rings. The monoisotopic (exact) mass is 1000 g/mol. The molecule has 0 aromatic heterocycles. The van der Waals surface area contributed by atoms with Gasteiger partial charge in [-0.2, -0.15) is 0 Å². The summed E-state index contributed by atoms with van der Waals surface area (Å²) in [5.41, 5.74) is 39.7. The lowest BCUT2D eigenvalue weighted by molar-refractivity contribution is -0.136. The first kappa shape index (κ1) is 57.8. The maximum Gasteiger partial charge on any atom is 0.243 e. The lowest BCUT2D eigenvalue weighted by Crippen LogP contribution is -2.60. The first-order valence-corrected chi connectivity index (χ1v) is 23.2. The SMILES string of the molecule is NC(=O)CC[C@@H]1NC(=O)[C@H](CCCN=C(N)N)NC(=O)[C@H](CCCN=C(N)N)NC(=O)[C@H](CCCN=C(N)N)NC(=O)CNC(=O)[C@H](Cc2ccccc2)NC(=O)CNC(=O)[C@H](Cc2ccccc2)NC1=O. The molecule has 27 heteroatoms. The molecule has 0 radical (unpaired) electrons. The second-order valence-electron chi connectivity index (χ2n) is 16.7. The normalized spacial score (nSPS) is 21.0. The molecule has 1 heterocycles. The van der Waals surface area contributed by atoms with Crippen molar-refractivity contribution in [1.82, 2.24) is 42.5 Å². The van der Waals surface area contributed by atoms with E-state index in [0.29, 0.717) is 11.1 Å². The number of nitrogens with two attached hydrogens (primary N) is 7. The summed E-state index contributed by atoms with van der Waals surface area (Å²) in [4.78, 5) is 135. The van der Waals surface area contributed by atoms with Crippen LogP contribution in [0.1, 0.15) is 62.5 Å². The van der Waals surface area contributed by atoms with E-state index in [2.05, 4.69) is 57.5 Å². The second kappa shape index (κ2) is 30.9. The van der Waals surface area contributed by atoms with Gasteiger partial charge in [0.05, 0.1) is 13.1 Å². The van der Waals surface area contributed by atoms with Crippen LogP contribution in [0.25, 0.3) is 0 Å². The number of hydrogen-bond acceptors (Lipinski definition) is 12. The van der Waals surface area contributed by atoms with Crippen molar-refractivity contribution in [1.29, 1.82) is 0 Å². The Kier molecular flexibility index (Phi) is 24.8. The van der Waals surface area contributed by atoms with Crippen LogP contribution in [0.3, 0.4) is 0 Å². The molecule has 2 aromatic carbocycles. The Morgan fingerprint density at radius 1 is 0.417 bits per heavy atom. The maximum absolute atomic E-state index is 14.3. The van der Waals surface area contributed by atoms with Gasteiger partial charge in [0.25, 0.3) is 0 Å². The average Bonchev–Trinajstić information content (AvgIpc) is 3.33. The molecule has 0 bridgehead atoms. The fourth-order valence-corrected chi connectivity index (χ4v) is 7.15. The van der Waals surface area contributed by atoms with E-state index in [0.717, 1.165) is 0 Å². The summed E-state index contributed by atoms with van der Waals surface area (Å²) >= 11 is 0. The zero-order chi connectivity index (χ0) is 53.0. The van der Waals surface area contributed by atoms with Gasteiger partial charge in [-0.25, -0.2) is 0 Å². The molecule has 0 saturated carbocycles. The molecule has 392 valence electrons. The van der Waals surface area contributed by atoms with Crippen molar-refractivity contribution >= 4 is 71.0 Å². The van der Waals surface area contributed by atoms with Gasteiger partial charge in [0.1, 0.15) is 36.3 Å². The summed E-state index contributed by atoms with van der Waals surface area (Å²) in [6.07, 6.45) is -0.821. The van der Waals surface area contributed by atoms with Gasteiger partial charge in [-0.05, 0) is 56.1 Å². The molecule has 27 nitrogen and oxygen atoms in total. The zero-order valence-corrected chi connectivity index (χ0v) is 39.9. The Hall–Kier alpha value is -8.52. The molecule has 9 amide bonds. The summed E-state index contributed by atoms with van der Waals surface area (Å²) in [7, 11) is 0. The number of rotatable bonds is 19. The van der Waals surface area contributed by atoms with Gasteiger partial charge in [-0.1, -0.05) is 60.7 Å². The van der Waals surface area contributed by atoms with Gasteiger partial charge in [-0.15, -0.1) is 0 Å². The summed E-state index contributed by atoms with van der Waals surface area (Å²) in [6, 6.07) is 8.78. The Labute approximate surface area is 415 Å². The van der Waals surface area contributed by atoms with Crippen LogP contribution in [0.5, 0.6) is 0 Å². The highest BCUT2D eigenvalue weighted by atomic mass is 16.2. The quantitative estimate of drug-likeness (QED) is 0.0354. The molecule has 6 atom stereocenters. The molecule has 0 unspecified atom stereocenters. The van der Waals surface area contributed by atoms with E-state index >= 15 is 0 Å². The molecule has 1 aliphatic rings. The highest BCUT2D eigenvalue weighted by Gasteiger charge is 2.33. The highest BCUT2D eigenvalue weighted by molar-refractivity contribution is 5.98. The van der Waals surface area contributed by atoms with E-state index < -0.39 is 109 Å². The van der Waals surface area contributed by atoms with Crippen LogP contribution in [0.4, 0.5) is 0 Å². The van der Waals surface area contributed by atoms with E-state index in [1.807, 2.05) is 0 Å². The number of hydrogen-bond donors (Lipinski definition) is 15. The summed E-state index contributed by atoms with van der Waals surface area (Å²) in [5, 5.41) is 20.6. The number of benzene rings is 2. The van der Waals surface area contributed by atoms with Gasteiger partial charge >= 0.3 is 0 Å². The van der Waals surface area contributed by atoms with Crippen LogP contribution in [0, 0.1) is 0 Å². The predicted molar refractivity (Wildman–Crippen MR) is 266 cm³/mol. The van der Waals surface area contributed by atoms with Crippen LogP contribution >= 0.6 is 0 Å². The topological polar surface area (TPSA) is 469 Å². The number of carbonyl (C=O) groups excluding carboxylic acids is 9. The van der Waals surface area contributed by atoms with Gasteiger partial charge in [0.2, 0.25) is 53.2 Å². The van der Waals surface area contributed by atoms with Crippen LogP contribution in [0.15, 0.2) is 75.6 Å². The lowest BCUT2D eigenvalue weighted by Gasteiger charge is -2.27. The summed E-state index contributed by atoms with van der Waals surface area (Å²) in [5.74, 6) is -8.37. The third-order valence-corrected chi connectivity index (χ3v) is 10.8. The Morgan fingerprint density at radius 2 is 0.722 bits per heavy atom. The van der Waals surface area contributed by atoms with E-state index in [1.165, 1.54) is 0 Å². The molecule has 72 heavy (non-hydrogen) atoms. The van der Waals surface area contributed by atoms with Crippen molar-refractivity contribution in [3.05, 3.63) is 71.8 Å². The summed E-state index contributed by atoms with van der Waals surface area (Å²) in [6.45, 7) is -1.27. The second-order valence-corrected chi connectivity index (χ2v) is 16.7. The van der Waals surface area contributed by atoms with Gasteiger partial charge in [-0.3, -0.25) is 58.1 Å². The van der Waals surface area contributed by atoms with Gasteiger partial charge in [0.15, 0.2) is 17.9 Å². The van der Waals surface area contributed by atoms with Crippen molar-refractivity contribution in [3.8, 4) is 0 Å². The van der Waals surface area contributed by atoms with E-state index in [9.17, 15) is 43.2 Å². The number of nitrogens with zero attached hydrogens (tertiary/aromatic N) is 3. The smallest absolute Gasteiger partial charge is 0.243 e. The Bertz CT molecular complexity index is 2250. The Morgan fingerprint density at radius 3 is 1.07 bits per heavy atom. The Balaban J connectivity index is 2.13. The van der Waals surface area contributed by atoms with Crippen LogP contribution in [0.2, 0.25) is 0 Å². The first-order valence-electron chi connectivity index (χ1n) is 23.2. The fraction of sp³-hybridized carbons (Fsp3) is 0.467. The maximum atomic E-state index is 14.3. The van der Waals surface area contributed by atoms with Crippen molar-refractivity contribution in [2.75, 3.05) is 32.7 Å². The molecule has 3 rings (SSSR count). The third-order valence-electron chi connectivity index (χ3n) is 10.8. The van der Waals surface area contributed by atoms with E-state index in [-0.39, 0.29) is 95.3 Å². The minimum atomic E-state index is -1.53. The molecule has 1 aliphatic heterocycles. The van der Waals surface area contributed by atoms with Crippen LogP contribution < -0.4 is 82.7 Å². The zero-order valence-electron chi connectivity index (χ0n) is 39.9. The number of carbonyl (C=O) groups is 9. The van der Waals surface area contributed by atoms with Crippen LogP contribution in [-0.4, -0.2) is 140 Å². The van der Waals surface area contributed by atoms with Crippen molar-refractivity contribution in [2.24, 2.45) is 55.1 Å². The predicted octanol–water partition coefficient (Wildman–Crippen LogP) is -5.95. The number of aliphatic imine (C=N–C) groups is 3. The average molecular weight is 1010 g/mol. The number of primary amides is 1. The molecule has 0 spiro atoms. The highest BCUT2D eigenvalue weighted by Crippen LogP contribution is 2.10. The third kappa shape index (κ3) is 22.7. The fourth-order valence-electron chi connectivity index (χ4n) is 7.15. The first-order chi connectivity index (χ1) is 34.3. The van der Waals surface area contributed by atoms with Crippen LogP contribution in [-0.2, 0) is 56.0 Å².